The van der Waals surface area contributed by atoms with Gasteiger partial charge in [-0.05, 0) is 18.2 Å². The zero-order chi connectivity index (χ0) is 33.1. The van der Waals surface area contributed by atoms with Crippen molar-refractivity contribution in [2.75, 3.05) is 39.3 Å². The van der Waals surface area contributed by atoms with Crippen LogP contribution in [0.25, 0.3) is 0 Å². The third-order valence-corrected chi connectivity index (χ3v) is 5.12. The van der Waals surface area contributed by atoms with E-state index in [4.69, 9.17) is 32.5 Å². The van der Waals surface area contributed by atoms with E-state index in [1.807, 2.05) is 0 Å². The molecule has 0 aliphatic carbocycles. The Morgan fingerprint density at radius 3 is 0.930 bits per heavy atom. The number of nitrogens with one attached hydrogen (secondary N) is 3. The molecule has 0 saturated heterocycles. The third-order valence-electron chi connectivity index (χ3n) is 5.12. The van der Waals surface area contributed by atoms with Crippen LogP contribution < -0.4 is 33.2 Å². The number of nitrogens with two attached hydrogens (primary N) is 3. The number of nitrogens with zero attached hydrogens (tertiary/aromatic N) is 1. The fourth-order valence-corrected chi connectivity index (χ4v) is 2.84. The van der Waals surface area contributed by atoms with Crippen molar-refractivity contribution in [3.8, 4) is 0 Å². The highest BCUT2D eigenvalue weighted by Crippen LogP contribution is 1.92. The first-order valence-corrected chi connectivity index (χ1v) is 12.2. The van der Waals surface area contributed by atoms with Crippen molar-refractivity contribution in [3.05, 3.63) is 36.5 Å². The molecule has 0 aliphatic heterocycles. The smallest absolute Gasteiger partial charge is 0.328 e. The molecule has 43 heavy (non-hydrogen) atoms. The van der Waals surface area contributed by atoms with Crippen LogP contribution in [0.5, 0.6) is 0 Å². The van der Waals surface area contributed by atoms with E-state index in [0.29, 0.717) is 36.5 Å². The predicted molar refractivity (Wildman–Crippen MR) is 145 cm³/mol. The molecule has 0 rings (SSSR count). The molecule has 0 aromatic heterocycles. The number of carbonyl (C=O) groups is 9. The summed E-state index contributed by atoms with van der Waals surface area (Å²) < 4.78 is 0. The van der Waals surface area contributed by atoms with Crippen LogP contribution in [0.3, 0.4) is 0 Å². The minimum atomic E-state index is -1.69. The molecule has 12 N–H and O–H groups in total. The molecule has 0 aliphatic rings. The van der Waals surface area contributed by atoms with Crippen LogP contribution in [0.15, 0.2) is 36.5 Å². The Morgan fingerprint density at radius 1 is 0.488 bits per heavy atom. The van der Waals surface area contributed by atoms with Crippen LogP contribution in [0.4, 0.5) is 0 Å². The molecule has 0 spiro atoms. The zero-order valence-corrected chi connectivity index (χ0v) is 22.6. The summed E-state index contributed by atoms with van der Waals surface area (Å²) in [6.07, 6.45) is 3.44. The third kappa shape index (κ3) is 16.7. The largest absolute Gasteiger partial charge is 0.478 e. The Balaban J connectivity index is 5.17. The highest BCUT2D eigenvalue weighted by Gasteiger charge is 2.22. The van der Waals surface area contributed by atoms with Crippen molar-refractivity contribution in [1.82, 2.24) is 20.9 Å². The molecule has 0 bridgehead atoms. The van der Waals surface area contributed by atoms with Gasteiger partial charge in [0.2, 0.25) is 17.7 Å². The van der Waals surface area contributed by atoms with Crippen molar-refractivity contribution in [2.45, 2.75) is 18.1 Å². The first-order chi connectivity index (χ1) is 20.1. The van der Waals surface area contributed by atoms with Crippen molar-refractivity contribution in [2.24, 2.45) is 17.2 Å². The molecule has 19 heteroatoms. The van der Waals surface area contributed by atoms with E-state index >= 15 is 0 Å². The number of carboxylic acids is 3. The Labute approximate surface area is 243 Å². The van der Waals surface area contributed by atoms with Gasteiger partial charge in [-0.2, -0.15) is 0 Å². The van der Waals surface area contributed by atoms with Gasteiger partial charge in [0, 0.05) is 57.5 Å². The number of hydrogen-bond acceptors (Lipinski definition) is 13. The van der Waals surface area contributed by atoms with Crippen LogP contribution in [-0.2, 0) is 43.2 Å². The van der Waals surface area contributed by atoms with Crippen molar-refractivity contribution in [1.29, 1.82) is 0 Å². The molecule has 3 amide bonds. The van der Waals surface area contributed by atoms with E-state index in [0.717, 1.165) is 0 Å². The maximum Gasteiger partial charge on any atom is 0.328 e. The molecule has 0 fully saturated rings. The monoisotopic (exact) mass is 611 g/mol. The van der Waals surface area contributed by atoms with E-state index < -0.39 is 71.1 Å². The Bertz CT molecular complexity index is 1040. The SMILES string of the molecule is NC(C(=O)/C=C\C(=O)O)C(=O)NCCN(CCNC(=O)C(N)C(=O)/C=C\C(=O)O)CCNC(=O)C(N)C(=O)/C=C\C(=O)O. The molecule has 0 aromatic carbocycles. The quantitative estimate of drug-likeness (QED) is 0.0431. The number of hydrogen-bond donors (Lipinski definition) is 9. The van der Waals surface area contributed by atoms with Crippen LogP contribution in [0.1, 0.15) is 0 Å². The topological polar surface area (TPSA) is 332 Å². The van der Waals surface area contributed by atoms with E-state index in [2.05, 4.69) is 16.0 Å². The predicted octanol–water partition coefficient (Wildman–Crippen LogP) is -5.75. The molecular formula is C24H33N7O12. The number of amides is 3. The molecule has 19 nitrogen and oxygen atoms in total. The average Bonchev–Trinajstić information content (AvgIpc) is 2.95. The average molecular weight is 612 g/mol. The van der Waals surface area contributed by atoms with E-state index in [1.54, 1.807) is 4.90 Å². The van der Waals surface area contributed by atoms with Crippen molar-refractivity contribution >= 4 is 53.0 Å². The molecule has 3 atom stereocenters. The van der Waals surface area contributed by atoms with Gasteiger partial charge in [0.05, 0.1) is 0 Å². The van der Waals surface area contributed by atoms with E-state index in [1.165, 1.54) is 0 Å². The lowest BCUT2D eigenvalue weighted by molar-refractivity contribution is -0.132. The molecule has 0 heterocycles. The second-order valence-corrected chi connectivity index (χ2v) is 8.37. The first kappa shape index (κ1) is 37.9. The van der Waals surface area contributed by atoms with Gasteiger partial charge in [0.25, 0.3) is 0 Å². The number of carbonyl (C=O) groups excluding carboxylic acids is 6. The van der Waals surface area contributed by atoms with E-state index in [9.17, 15) is 43.2 Å². The number of rotatable bonds is 21. The molecule has 0 saturated carbocycles. The van der Waals surface area contributed by atoms with Crippen LogP contribution >= 0.6 is 0 Å². The maximum absolute atomic E-state index is 12.1. The normalized spacial score (nSPS) is 13.4. The fraction of sp³-hybridized carbons (Fsp3) is 0.375. The zero-order valence-electron chi connectivity index (χ0n) is 22.6. The van der Waals surface area contributed by atoms with E-state index in [-0.39, 0.29) is 39.3 Å². The Morgan fingerprint density at radius 2 is 0.721 bits per heavy atom. The molecule has 0 aromatic rings. The summed E-state index contributed by atoms with van der Waals surface area (Å²) in [5.41, 5.74) is 16.5. The van der Waals surface area contributed by atoms with Gasteiger partial charge >= 0.3 is 17.9 Å². The second kappa shape index (κ2) is 19.9. The summed E-state index contributed by atoms with van der Waals surface area (Å²) in [4.78, 5) is 105. The molecular weight excluding hydrogens is 578 g/mol. The van der Waals surface area contributed by atoms with Crippen LogP contribution in [0.2, 0.25) is 0 Å². The van der Waals surface area contributed by atoms with Gasteiger partial charge in [-0.25, -0.2) is 14.4 Å². The number of ketones is 3. The van der Waals surface area contributed by atoms with Gasteiger partial charge in [0.15, 0.2) is 17.3 Å². The number of aliphatic carboxylic acids is 3. The highest BCUT2D eigenvalue weighted by atomic mass is 16.4. The highest BCUT2D eigenvalue weighted by molar-refractivity contribution is 6.12. The summed E-state index contributed by atoms with van der Waals surface area (Å²) in [6, 6.07) is -5.07. The standard InChI is InChI=1S/C24H33N7O12/c25-19(13(32)1-4-16(35)36)22(41)28-7-10-31(11-8-29-23(42)20(26)14(33)2-5-17(37)38)12-9-30-24(43)21(27)15(34)3-6-18(39)40/h1-6,19-21H,7-12,25-27H2,(H,28,41)(H,29,42)(H,30,43)(H,35,36)(H,37,38)(H,39,40)/b4-1-,5-2-,6-3-. The summed E-state index contributed by atoms with van der Waals surface area (Å²) >= 11 is 0. The lowest BCUT2D eigenvalue weighted by Crippen LogP contribution is -2.50. The van der Waals surface area contributed by atoms with Gasteiger partial charge < -0.3 is 48.5 Å². The van der Waals surface area contributed by atoms with Gasteiger partial charge in [-0.15, -0.1) is 0 Å². The van der Waals surface area contributed by atoms with Crippen LogP contribution in [-0.4, -0.2) is 131 Å². The van der Waals surface area contributed by atoms with Crippen molar-refractivity contribution in [3.63, 3.8) is 0 Å². The molecule has 0 radical (unpaired) electrons. The first-order valence-electron chi connectivity index (χ1n) is 12.2. The minimum absolute atomic E-state index is 0.0437. The molecule has 3 unspecified atom stereocenters. The summed E-state index contributed by atoms with van der Waals surface area (Å²) in [5, 5.41) is 32.8. The molecule has 236 valence electrons. The fourth-order valence-electron chi connectivity index (χ4n) is 2.84. The second-order valence-electron chi connectivity index (χ2n) is 8.37. The van der Waals surface area contributed by atoms with Gasteiger partial charge in [0.1, 0.15) is 18.1 Å². The maximum atomic E-state index is 12.1. The Hall–Kier alpha value is -5.11. The van der Waals surface area contributed by atoms with Gasteiger partial charge in [-0.3, -0.25) is 33.7 Å². The van der Waals surface area contributed by atoms with Crippen molar-refractivity contribution < 1.29 is 58.5 Å². The summed E-state index contributed by atoms with van der Waals surface area (Å²) in [5.74, 6) is -9.89. The summed E-state index contributed by atoms with van der Waals surface area (Å²) in [7, 11) is 0. The Kier molecular flexibility index (Phi) is 17.5. The lowest BCUT2D eigenvalue weighted by atomic mass is 10.1. The summed E-state index contributed by atoms with van der Waals surface area (Å²) in [6.45, 7) is -0.201. The lowest BCUT2D eigenvalue weighted by Gasteiger charge is -2.23. The minimum Gasteiger partial charge on any atom is -0.478 e. The van der Waals surface area contributed by atoms with Gasteiger partial charge in [-0.1, -0.05) is 0 Å². The number of carboxylic acid groups (broad SMARTS) is 3. The van der Waals surface area contributed by atoms with Crippen LogP contribution in [0, 0.1) is 0 Å².